The molecule has 2 N–H and O–H groups in total. The molecule has 0 saturated carbocycles. The molecule has 0 saturated heterocycles. The van der Waals surface area contributed by atoms with Crippen molar-refractivity contribution in [3.63, 3.8) is 0 Å². The van der Waals surface area contributed by atoms with E-state index >= 15 is 0 Å². The molecule has 166 valence electrons. The van der Waals surface area contributed by atoms with Gasteiger partial charge in [-0.15, -0.1) is 0 Å². The van der Waals surface area contributed by atoms with Gasteiger partial charge in [0.1, 0.15) is 42.2 Å². The molecular formula is C25H21N3O5. The third-order valence-corrected chi connectivity index (χ3v) is 4.91. The Morgan fingerprint density at radius 3 is 2.82 bits per heavy atom. The molecule has 1 unspecified atom stereocenters. The number of carbonyl (C=O) groups is 2. The van der Waals surface area contributed by atoms with Crippen LogP contribution < -0.4 is 19.7 Å². The van der Waals surface area contributed by atoms with Crippen molar-refractivity contribution in [3.05, 3.63) is 78.1 Å². The number of likely N-dealkylation sites (N-methyl/N-ethyl adjacent to an activating group) is 1. The quantitative estimate of drug-likeness (QED) is 0.601. The maximum Gasteiger partial charge on any atom is 0.270 e. The molecule has 3 aromatic rings. The van der Waals surface area contributed by atoms with Gasteiger partial charge in [-0.25, -0.2) is 0 Å². The number of hydrogen-bond acceptors (Lipinski definition) is 6. The number of anilines is 1. The van der Waals surface area contributed by atoms with Crippen LogP contribution in [0.25, 0.3) is 0 Å². The standard InChI is InChI=1S/C25H21N3O5/c1-28-22-14-17(6-5-13-29)9-10-23(22)32-16-21(25(28)31)27-24(30)20-15-19(11-12-26-20)33-18-7-3-2-4-8-18/h2-4,7-12,14-15,21,29H,13,16H2,1H3,(H,27,30). The van der Waals surface area contributed by atoms with E-state index in [2.05, 4.69) is 22.1 Å². The van der Waals surface area contributed by atoms with E-state index in [9.17, 15) is 9.59 Å². The van der Waals surface area contributed by atoms with Crippen molar-refractivity contribution < 1.29 is 24.2 Å². The van der Waals surface area contributed by atoms with Gasteiger partial charge in [0.05, 0.1) is 5.69 Å². The Hall–Kier alpha value is -4.35. The van der Waals surface area contributed by atoms with Crippen LogP contribution in [-0.4, -0.2) is 48.2 Å². The van der Waals surface area contributed by atoms with Gasteiger partial charge in [0.15, 0.2) is 0 Å². The molecule has 1 atom stereocenters. The van der Waals surface area contributed by atoms with E-state index in [1.165, 1.54) is 17.2 Å². The van der Waals surface area contributed by atoms with Gasteiger partial charge in [-0.05, 0) is 36.4 Å². The molecular weight excluding hydrogens is 422 g/mol. The van der Waals surface area contributed by atoms with Gasteiger partial charge in [0.2, 0.25) is 0 Å². The highest BCUT2D eigenvalue weighted by Crippen LogP contribution is 2.31. The highest BCUT2D eigenvalue weighted by Gasteiger charge is 2.31. The van der Waals surface area contributed by atoms with E-state index in [0.29, 0.717) is 28.5 Å². The fourth-order valence-corrected chi connectivity index (χ4v) is 3.28. The number of aliphatic hydroxyl groups excluding tert-OH is 1. The molecule has 2 amide bonds. The Balaban J connectivity index is 1.48. The second kappa shape index (κ2) is 9.85. The van der Waals surface area contributed by atoms with Gasteiger partial charge in [-0.3, -0.25) is 14.6 Å². The SMILES string of the molecule is CN1C(=O)C(NC(=O)c2cc(Oc3ccccc3)ccn2)COc2ccc(C#CCO)cc21. The summed E-state index contributed by atoms with van der Waals surface area (Å²) in [4.78, 5) is 31.4. The number of nitrogens with zero attached hydrogens (tertiary/aromatic N) is 2. The predicted molar refractivity (Wildman–Crippen MR) is 121 cm³/mol. The molecule has 1 aliphatic rings. The topological polar surface area (TPSA) is 101 Å². The van der Waals surface area contributed by atoms with Crippen LogP contribution in [-0.2, 0) is 4.79 Å². The third kappa shape index (κ3) is 5.11. The molecule has 33 heavy (non-hydrogen) atoms. The maximum absolute atomic E-state index is 13.0. The molecule has 0 radical (unpaired) electrons. The van der Waals surface area contributed by atoms with Crippen molar-refractivity contribution in [1.82, 2.24) is 10.3 Å². The second-order valence-electron chi connectivity index (χ2n) is 7.17. The average Bonchev–Trinajstić information content (AvgIpc) is 2.95. The van der Waals surface area contributed by atoms with Crippen LogP contribution in [0, 0.1) is 11.8 Å². The number of ether oxygens (including phenoxy) is 2. The minimum atomic E-state index is -0.914. The first kappa shape index (κ1) is 21.9. The summed E-state index contributed by atoms with van der Waals surface area (Å²) in [6, 6.07) is 16.6. The van der Waals surface area contributed by atoms with Crippen LogP contribution in [0.1, 0.15) is 16.1 Å². The molecule has 2 aromatic carbocycles. The molecule has 8 nitrogen and oxygen atoms in total. The van der Waals surface area contributed by atoms with Crippen molar-refractivity contribution in [3.8, 4) is 29.1 Å². The number of rotatable bonds is 4. The van der Waals surface area contributed by atoms with Crippen molar-refractivity contribution >= 4 is 17.5 Å². The Kier molecular flexibility index (Phi) is 6.53. The van der Waals surface area contributed by atoms with Gasteiger partial charge in [-0.1, -0.05) is 30.0 Å². The lowest BCUT2D eigenvalue weighted by Crippen LogP contribution is -2.49. The summed E-state index contributed by atoms with van der Waals surface area (Å²) < 4.78 is 11.5. The average molecular weight is 443 g/mol. The summed E-state index contributed by atoms with van der Waals surface area (Å²) in [5.41, 5.74) is 1.27. The van der Waals surface area contributed by atoms with Gasteiger partial charge in [0, 0.05) is 24.9 Å². The van der Waals surface area contributed by atoms with Gasteiger partial charge < -0.3 is 24.8 Å². The molecule has 1 aromatic heterocycles. The first-order chi connectivity index (χ1) is 16.0. The monoisotopic (exact) mass is 443 g/mol. The molecule has 8 heteroatoms. The summed E-state index contributed by atoms with van der Waals surface area (Å²) in [6.07, 6.45) is 1.47. The van der Waals surface area contributed by atoms with Crippen molar-refractivity contribution in [2.45, 2.75) is 6.04 Å². The number of hydrogen-bond donors (Lipinski definition) is 2. The number of benzene rings is 2. The Bertz CT molecular complexity index is 1230. The number of aromatic nitrogens is 1. The minimum Gasteiger partial charge on any atom is -0.489 e. The molecule has 0 spiro atoms. The van der Waals surface area contributed by atoms with E-state index in [1.54, 1.807) is 43.4 Å². The van der Waals surface area contributed by atoms with Gasteiger partial charge in [-0.2, -0.15) is 0 Å². The lowest BCUT2D eigenvalue weighted by Gasteiger charge is -2.20. The number of nitrogens with one attached hydrogen (secondary N) is 1. The summed E-state index contributed by atoms with van der Waals surface area (Å²) in [7, 11) is 1.60. The Labute approximate surface area is 190 Å². The largest absolute Gasteiger partial charge is 0.489 e. The summed E-state index contributed by atoms with van der Waals surface area (Å²) in [6.45, 7) is -0.300. The van der Waals surface area contributed by atoms with Crippen LogP contribution in [0.5, 0.6) is 17.2 Å². The highest BCUT2D eigenvalue weighted by molar-refractivity contribution is 6.03. The first-order valence-electron chi connectivity index (χ1n) is 10.2. The van der Waals surface area contributed by atoms with Crippen LogP contribution in [0.2, 0.25) is 0 Å². The van der Waals surface area contributed by atoms with E-state index in [0.717, 1.165) is 0 Å². The van der Waals surface area contributed by atoms with E-state index in [1.807, 2.05) is 18.2 Å². The zero-order chi connectivity index (χ0) is 23.2. The normalized spacial score (nSPS) is 14.8. The van der Waals surface area contributed by atoms with Gasteiger partial charge in [0.25, 0.3) is 11.8 Å². The summed E-state index contributed by atoms with van der Waals surface area (Å²) in [5, 5.41) is 11.6. The molecule has 2 heterocycles. The zero-order valence-corrected chi connectivity index (χ0v) is 17.8. The van der Waals surface area contributed by atoms with Crippen molar-refractivity contribution in [1.29, 1.82) is 0 Å². The lowest BCUT2D eigenvalue weighted by molar-refractivity contribution is -0.120. The number of fused-ring (bicyclic) bond motifs is 1. The molecule has 0 bridgehead atoms. The van der Waals surface area contributed by atoms with Crippen molar-refractivity contribution in [2.75, 3.05) is 25.2 Å². The number of para-hydroxylation sites is 1. The Morgan fingerprint density at radius 2 is 2.03 bits per heavy atom. The number of aliphatic hydroxyl groups is 1. The van der Waals surface area contributed by atoms with E-state index < -0.39 is 11.9 Å². The van der Waals surface area contributed by atoms with Crippen molar-refractivity contribution in [2.24, 2.45) is 0 Å². The summed E-state index contributed by atoms with van der Waals surface area (Å²) in [5.74, 6) is 6.09. The van der Waals surface area contributed by atoms with E-state index in [4.69, 9.17) is 14.6 Å². The molecule has 0 aliphatic carbocycles. The maximum atomic E-state index is 13.0. The zero-order valence-electron chi connectivity index (χ0n) is 17.8. The predicted octanol–water partition coefficient (Wildman–Crippen LogP) is 2.37. The smallest absolute Gasteiger partial charge is 0.270 e. The molecule has 4 rings (SSSR count). The highest BCUT2D eigenvalue weighted by atomic mass is 16.5. The van der Waals surface area contributed by atoms with Crippen LogP contribution >= 0.6 is 0 Å². The van der Waals surface area contributed by atoms with Crippen LogP contribution in [0.3, 0.4) is 0 Å². The van der Waals surface area contributed by atoms with Gasteiger partial charge >= 0.3 is 0 Å². The van der Waals surface area contributed by atoms with E-state index in [-0.39, 0.29) is 24.8 Å². The fourth-order valence-electron chi connectivity index (χ4n) is 3.28. The van der Waals surface area contributed by atoms with Crippen LogP contribution in [0.4, 0.5) is 5.69 Å². The van der Waals surface area contributed by atoms with Crippen LogP contribution in [0.15, 0.2) is 66.9 Å². The number of carbonyl (C=O) groups excluding carboxylic acids is 2. The molecule has 1 aliphatic heterocycles. The second-order valence-corrected chi connectivity index (χ2v) is 7.17. The number of pyridine rings is 1. The fraction of sp³-hybridized carbons (Fsp3) is 0.160. The summed E-state index contributed by atoms with van der Waals surface area (Å²) >= 11 is 0. The molecule has 0 fully saturated rings. The minimum absolute atomic E-state index is 0.0379. The first-order valence-corrected chi connectivity index (χ1v) is 10.2. The lowest BCUT2D eigenvalue weighted by atomic mass is 10.1. The third-order valence-electron chi connectivity index (χ3n) is 4.91. The Morgan fingerprint density at radius 1 is 1.21 bits per heavy atom. The number of amides is 2.